The zero-order chi connectivity index (χ0) is 14.6. The summed E-state index contributed by atoms with van der Waals surface area (Å²) in [6.45, 7) is 0. The first-order valence-electron chi connectivity index (χ1n) is 5.73. The largest absolute Gasteiger partial charge is 0.388 e. The molecule has 0 aliphatic carbocycles. The number of hydrogen-bond acceptors (Lipinski definition) is 7. The third-order valence-corrected chi connectivity index (χ3v) is 3.14. The number of rotatable bonds is 1. The molecule has 0 saturated carbocycles. The molecule has 20 heavy (non-hydrogen) atoms. The molecule has 1 aliphatic heterocycles. The molecule has 4 unspecified atom stereocenters. The Balaban J connectivity index is 2.19. The molecule has 0 spiro atoms. The van der Waals surface area contributed by atoms with Crippen LogP contribution in [0.3, 0.4) is 0 Å². The standard InChI is InChI=1S/C9H8B3N5O3/c10-4-2(18)3(19)7(20-4)17-6-1(14-9(17)12)5(13)15-8(11)16-6/h2-4,7,18-19H,(H2,13,15,16). The molecule has 3 rings (SSSR count). The van der Waals surface area contributed by atoms with Crippen LogP contribution in [0.5, 0.6) is 0 Å². The Morgan fingerprint density at radius 3 is 2.45 bits per heavy atom. The lowest BCUT2D eigenvalue weighted by Crippen LogP contribution is -2.34. The Morgan fingerprint density at radius 1 is 1.15 bits per heavy atom. The van der Waals surface area contributed by atoms with Gasteiger partial charge in [-0.2, -0.15) is 0 Å². The molecule has 0 aromatic carbocycles. The number of hydrogen-bond donors (Lipinski definition) is 3. The lowest BCUT2D eigenvalue weighted by molar-refractivity contribution is -0.0183. The van der Waals surface area contributed by atoms with Crippen molar-refractivity contribution >= 4 is 52.0 Å². The van der Waals surface area contributed by atoms with E-state index in [1.807, 2.05) is 0 Å². The number of aliphatic hydroxyl groups is 2. The van der Waals surface area contributed by atoms with E-state index in [0.717, 1.165) is 0 Å². The highest BCUT2D eigenvalue weighted by molar-refractivity contribution is 6.31. The van der Waals surface area contributed by atoms with Crippen molar-refractivity contribution in [3.05, 3.63) is 0 Å². The SMILES string of the molecule is [B]c1nc(N)c2nc([B])n(C3OC([B])C(O)C3O)c2n1. The van der Waals surface area contributed by atoms with Crippen LogP contribution in [-0.2, 0) is 4.74 Å². The van der Waals surface area contributed by atoms with Crippen LogP contribution in [0.1, 0.15) is 6.23 Å². The highest BCUT2D eigenvalue weighted by atomic mass is 16.6. The van der Waals surface area contributed by atoms with Crippen molar-refractivity contribution in [1.29, 1.82) is 0 Å². The number of nitrogens with two attached hydrogens (primary N) is 1. The van der Waals surface area contributed by atoms with Crippen molar-refractivity contribution in [2.24, 2.45) is 0 Å². The van der Waals surface area contributed by atoms with Gasteiger partial charge in [0, 0.05) is 6.00 Å². The Morgan fingerprint density at radius 2 is 1.85 bits per heavy atom. The summed E-state index contributed by atoms with van der Waals surface area (Å²) in [5, 5.41) is 19.6. The number of ether oxygens (including phenoxy) is 1. The number of fused-ring (bicyclic) bond motifs is 1. The molecule has 96 valence electrons. The molecule has 2 aromatic heterocycles. The van der Waals surface area contributed by atoms with Crippen molar-refractivity contribution in [2.45, 2.75) is 24.4 Å². The van der Waals surface area contributed by atoms with Gasteiger partial charge in [0.1, 0.15) is 25.6 Å². The maximum absolute atomic E-state index is 9.96. The summed E-state index contributed by atoms with van der Waals surface area (Å²) in [5.74, 6) is 0.0512. The van der Waals surface area contributed by atoms with Gasteiger partial charge < -0.3 is 20.7 Å². The summed E-state index contributed by atoms with van der Waals surface area (Å²) in [6, 6.07) is -1.05. The van der Waals surface area contributed by atoms with Gasteiger partial charge in [-0.05, 0) is 0 Å². The molecule has 3 heterocycles. The topological polar surface area (TPSA) is 119 Å². The van der Waals surface area contributed by atoms with Crippen LogP contribution in [0.15, 0.2) is 0 Å². The quantitative estimate of drug-likeness (QED) is 0.447. The van der Waals surface area contributed by atoms with Gasteiger partial charge in [0.05, 0.1) is 11.4 Å². The Labute approximate surface area is 117 Å². The second kappa shape index (κ2) is 4.47. The molecule has 8 nitrogen and oxygen atoms in total. The van der Waals surface area contributed by atoms with E-state index in [1.165, 1.54) is 4.57 Å². The highest BCUT2D eigenvalue weighted by Gasteiger charge is 2.42. The fraction of sp³-hybridized carbons (Fsp3) is 0.444. The minimum Gasteiger partial charge on any atom is -0.388 e. The number of nitrogens with zero attached hydrogens (tertiary/aromatic N) is 4. The van der Waals surface area contributed by atoms with E-state index < -0.39 is 24.4 Å². The zero-order valence-corrected chi connectivity index (χ0v) is 10.2. The van der Waals surface area contributed by atoms with Crippen molar-refractivity contribution in [3.8, 4) is 0 Å². The molecule has 1 saturated heterocycles. The van der Waals surface area contributed by atoms with Crippen molar-refractivity contribution < 1.29 is 14.9 Å². The van der Waals surface area contributed by atoms with Gasteiger partial charge in [0.2, 0.25) is 0 Å². The fourth-order valence-corrected chi connectivity index (χ4v) is 2.18. The minimum atomic E-state index is -1.29. The van der Waals surface area contributed by atoms with E-state index in [9.17, 15) is 10.2 Å². The third kappa shape index (κ3) is 1.81. The van der Waals surface area contributed by atoms with Crippen LogP contribution < -0.4 is 17.2 Å². The highest BCUT2D eigenvalue weighted by Crippen LogP contribution is 2.29. The van der Waals surface area contributed by atoms with E-state index in [0.29, 0.717) is 0 Å². The normalized spacial score (nSPS) is 30.1. The second-order valence-electron chi connectivity index (χ2n) is 4.45. The number of aromatic nitrogens is 4. The molecular formula is C9H8B3N5O3. The summed E-state index contributed by atoms with van der Waals surface area (Å²) in [5.41, 5.74) is 6.01. The first kappa shape index (κ1) is 13.4. The average molecular weight is 267 g/mol. The zero-order valence-electron chi connectivity index (χ0n) is 10.2. The molecule has 2 aromatic rings. The summed E-state index contributed by atoms with van der Waals surface area (Å²) >= 11 is 0. The van der Waals surface area contributed by atoms with Crippen molar-refractivity contribution in [1.82, 2.24) is 19.5 Å². The van der Waals surface area contributed by atoms with Crippen LogP contribution in [0.2, 0.25) is 0 Å². The third-order valence-electron chi connectivity index (χ3n) is 3.14. The van der Waals surface area contributed by atoms with Crippen LogP contribution >= 0.6 is 0 Å². The average Bonchev–Trinajstić information content (AvgIpc) is 2.82. The maximum Gasteiger partial charge on any atom is 0.170 e. The first-order valence-corrected chi connectivity index (χ1v) is 5.73. The molecule has 6 radical (unpaired) electrons. The Kier molecular flexibility index (Phi) is 3.00. The van der Waals surface area contributed by atoms with Gasteiger partial charge in [-0.3, -0.25) is 4.57 Å². The van der Waals surface area contributed by atoms with Crippen LogP contribution in [0.25, 0.3) is 11.2 Å². The van der Waals surface area contributed by atoms with E-state index in [-0.39, 0.29) is 28.4 Å². The number of anilines is 1. The molecule has 1 fully saturated rings. The molecule has 0 bridgehead atoms. The molecule has 4 atom stereocenters. The van der Waals surface area contributed by atoms with Crippen LogP contribution in [0.4, 0.5) is 5.82 Å². The van der Waals surface area contributed by atoms with Crippen molar-refractivity contribution in [2.75, 3.05) is 5.73 Å². The van der Waals surface area contributed by atoms with E-state index >= 15 is 0 Å². The predicted octanol–water partition coefficient (Wildman–Crippen LogP) is -4.26. The minimum absolute atomic E-state index is 0.0167. The smallest absolute Gasteiger partial charge is 0.170 e. The number of aliphatic hydroxyl groups excluding tert-OH is 2. The van der Waals surface area contributed by atoms with Crippen LogP contribution in [-0.4, -0.2) is 71.5 Å². The number of imidazole rings is 1. The maximum atomic E-state index is 9.96. The van der Waals surface area contributed by atoms with Gasteiger partial charge in [0.15, 0.2) is 33.4 Å². The van der Waals surface area contributed by atoms with Gasteiger partial charge >= 0.3 is 0 Å². The Hall–Kier alpha value is -1.58. The van der Waals surface area contributed by atoms with Gasteiger partial charge in [-0.25, -0.2) is 15.0 Å². The van der Waals surface area contributed by atoms with Gasteiger partial charge in [-0.15, -0.1) is 0 Å². The molecule has 1 aliphatic rings. The first-order chi connectivity index (χ1) is 9.40. The lowest BCUT2D eigenvalue weighted by atomic mass is 9.93. The summed E-state index contributed by atoms with van der Waals surface area (Å²) in [7, 11) is 16.8. The van der Waals surface area contributed by atoms with Crippen molar-refractivity contribution in [3.63, 3.8) is 0 Å². The lowest BCUT2D eigenvalue weighted by Gasteiger charge is -2.18. The van der Waals surface area contributed by atoms with E-state index in [1.54, 1.807) is 0 Å². The molecular weight excluding hydrogens is 259 g/mol. The molecule has 11 heteroatoms. The summed E-state index contributed by atoms with van der Waals surface area (Å²) in [4.78, 5) is 11.8. The molecule has 0 amide bonds. The summed E-state index contributed by atoms with van der Waals surface area (Å²) < 4.78 is 6.55. The van der Waals surface area contributed by atoms with Crippen LogP contribution in [0, 0.1) is 0 Å². The van der Waals surface area contributed by atoms with E-state index in [4.69, 9.17) is 34.0 Å². The second-order valence-corrected chi connectivity index (χ2v) is 4.45. The van der Waals surface area contributed by atoms with Gasteiger partial charge in [-0.1, -0.05) is 0 Å². The van der Waals surface area contributed by atoms with E-state index in [2.05, 4.69) is 15.0 Å². The Bertz CT molecular complexity index is 680. The molecule has 4 N–H and O–H groups in total. The summed E-state index contributed by atoms with van der Waals surface area (Å²) in [6.07, 6.45) is -3.59. The number of nitrogen functional groups attached to an aromatic ring is 1. The predicted molar refractivity (Wildman–Crippen MR) is 72.2 cm³/mol. The monoisotopic (exact) mass is 267 g/mol. The fourth-order valence-electron chi connectivity index (χ4n) is 2.18. The van der Waals surface area contributed by atoms with Gasteiger partial charge in [0.25, 0.3) is 0 Å².